The molecule has 0 unspecified atom stereocenters. The van der Waals surface area contributed by atoms with Crippen LogP contribution < -0.4 is 11.4 Å². The Hall–Kier alpha value is -0.690. The van der Waals surface area contributed by atoms with E-state index in [4.69, 9.17) is 10.6 Å². The Morgan fingerprint density at radius 2 is 2.12 bits per heavy atom. The van der Waals surface area contributed by atoms with Gasteiger partial charge in [0, 0.05) is 26.7 Å². The number of carbonyl (C=O) groups excluding carboxylic acids is 1. The lowest BCUT2D eigenvalue weighted by Crippen LogP contribution is -2.34. The molecular weight excluding hydrogens is 210 g/mol. The third-order valence-corrected chi connectivity index (χ3v) is 2.04. The minimum Gasteiger partial charge on any atom is -0.383 e. The average Bonchev–Trinajstić information content (AvgIpc) is 2.22. The molecule has 3 N–H and O–H groups in total. The van der Waals surface area contributed by atoms with Gasteiger partial charge in [-0.2, -0.15) is 0 Å². The summed E-state index contributed by atoms with van der Waals surface area (Å²) in [5, 5.41) is 0. The molecule has 0 aliphatic heterocycles. The molecule has 0 spiro atoms. The van der Waals surface area contributed by atoms with Crippen LogP contribution in [0.4, 0.5) is 0 Å². The first-order valence-corrected chi connectivity index (χ1v) is 5.46. The van der Waals surface area contributed by atoms with E-state index in [9.17, 15) is 4.79 Å². The van der Waals surface area contributed by atoms with Crippen LogP contribution in [-0.2, 0) is 14.4 Å². The number of rotatable bonds is 9. The lowest BCUT2D eigenvalue weighted by molar-refractivity contribution is -0.151. The van der Waals surface area contributed by atoms with E-state index in [1.165, 1.54) is 0 Å². The first-order chi connectivity index (χ1) is 7.60. The fourth-order valence-corrected chi connectivity index (χ4v) is 1.40. The fourth-order valence-electron chi connectivity index (χ4n) is 1.40. The van der Waals surface area contributed by atoms with E-state index in [-0.39, 0.29) is 5.97 Å². The number of hydrogen-bond donors (Lipinski definition) is 2. The van der Waals surface area contributed by atoms with Crippen molar-refractivity contribution in [2.75, 3.05) is 33.4 Å². The van der Waals surface area contributed by atoms with Crippen LogP contribution >= 0.6 is 0 Å². The number of methoxy groups -OCH3 is 1. The summed E-state index contributed by atoms with van der Waals surface area (Å²) in [7, 11) is 1.67. The van der Waals surface area contributed by atoms with Crippen LogP contribution in [0.25, 0.3) is 0 Å². The number of nitrogens with one attached hydrogen (secondary N) is 1. The summed E-state index contributed by atoms with van der Waals surface area (Å²) in [6, 6.07) is 0. The van der Waals surface area contributed by atoms with Gasteiger partial charge in [0.15, 0.2) is 0 Å². The van der Waals surface area contributed by atoms with Crippen LogP contribution in [0.1, 0.15) is 20.3 Å². The Balaban J connectivity index is 3.85. The molecule has 0 saturated carbocycles. The highest BCUT2D eigenvalue weighted by Crippen LogP contribution is 2.00. The van der Waals surface area contributed by atoms with Gasteiger partial charge in [0.1, 0.15) is 0 Å². The number of carbonyl (C=O) groups is 1. The number of nitrogens with two attached hydrogens (primary N) is 1. The second-order valence-corrected chi connectivity index (χ2v) is 4.03. The van der Waals surface area contributed by atoms with Gasteiger partial charge in [-0.15, -0.1) is 0 Å². The van der Waals surface area contributed by atoms with Crippen molar-refractivity contribution in [3.8, 4) is 0 Å². The van der Waals surface area contributed by atoms with Gasteiger partial charge in [-0.05, 0) is 5.92 Å². The van der Waals surface area contributed by atoms with Crippen LogP contribution in [0.15, 0.2) is 0 Å². The molecule has 0 aliphatic carbocycles. The van der Waals surface area contributed by atoms with E-state index in [0.717, 1.165) is 13.1 Å². The molecule has 0 aromatic rings. The molecule has 16 heavy (non-hydrogen) atoms. The Bertz CT molecular complexity index is 188. The summed E-state index contributed by atoms with van der Waals surface area (Å²) >= 11 is 0. The predicted molar refractivity (Wildman–Crippen MR) is 61.2 cm³/mol. The number of ether oxygens (including phenoxy) is 1. The highest BCUT2D eigenvalue weighted by Gasteiger charge is 2.10. The molecule has 96 valence electrons. The van der Waals surface area contributed by atoms with Gasteiger partial charge in [0.2, 0.25) is 0 Å². The molecular formula is C10H23N3O3. The summed E-state index contributed by atoms with van der Waals surface area (Å²) in [5.74, 6) is 5.07. The summed E-state index contributed by atoms with van der Waals surface area (Å²) in [5.41, 5.74) is 1.88. The predicted octanol–water partition coefficient (Wildman–Crippen LogP) is -0.0976. The normalized spacial score (nSPS) is 11.1. The van der Waals surface area contributed by atoms with E-state index < -0.39 is 0 Å². The zero-order valence-corrected chi connectivity index (χ0v) is 10.4. The second kappa shape index (κ2) is 9.53. The standard InChI is InChI=1S/C10H23N3O3/c1-9(2)8-13(6-7-15-3)5-4-10(14)16-12-11/h9,12H,4-8,11H2,1-3H3. The molecule has 0 aromatic heterocycles. The maximum atomic E-state index is 11.1. The minimum absolute atomic E-state index is 0.320. The van der Waals surface area contributed by atoms with Crippen molar-refractivity contribution < 1.29 is 14.4 Å². The smallest absolute Gasteiger partial charge is 0.327 e. The van der Waals surface area contributed by atoms with Gasteiger partial charge in [-0.3, -0.25) is 4.79 Å². The molecule has 6 nitrogen and oxygen atoms in total. The SMILES string of the molecule is COCCN(CCC(=O)ONN)CC(C)C. The summed E-state index contributed by atoms with van der Waals surface area (Å²) in [6.07, 6.45) is 0.320. The summed E-state index contributed by atoms with van der Waals surface area (Å²) in [6.45, 7) is 7.35. The molecule has 0 aliphatic rings. The molecule has 0 aromatic carbocycles. The molecule has 0 bridgehead atoms. The largest absolute Gasteiger partial charge is 0.383 e. The van der Waals surface area contributed by atoms with Crippen molar-refractivity contribution in [1.82, 2.24) is 10.5 Å². The molecule has 0 fully saturated rings. The third-order valence-electron chi connectivity index (χ3n) is 2.04. The van der Waals surface area contributed by atoms with Gasteiger partial charge in [-0.1, -0.05) is 19.4 Å². The monoisotopic (exact) mass is 233 g/mol. The van der Waals surface area contributed by atoms with Crippen molar-refractivity contribution in [1.29, 1.82) is 0 Å². The Labute approximate surface area is 97.0 Å². The van der Waals surface area contributed by atoms with Crippen molar-refractivity contribution in [2.45, 2.75) is 20.3 Å². The fraction of sp³-hybridized carbons (Fsp3) is 0.900. The van der Waals surface area contributed by atoms with E-state index in [1.54, 1.807) is 7.11 Å². The first-order valence-electron chi connectivity index (χ1n) is 5.46. The van der Waals surface area contributed by atoms with E-state index in [1.807, 2.05) is 5.59 Å². The molecule has 0 rings (SSSR count). The molecule has 6 heteroatoms. The second-order valence-electron chi connectivity index (χ2n) is 4.03. The van der Waals surface area contributed by atoms with Crippen LogP contribution in [0.5, 0.6) is 0 Å². The number of hydrogen-bond acceptors (Lipinski definition) is 6. The molecule has 0 saturated heterocycles. The van der Waals surface area contributed by atoms with E-state index in [2.05, 4.69) is 23.6 Å². The summed E-state index contributed by atoms with van der Waals surface area (Å²) < 4.78 is 5.02. The van der Waals surface area contributed by atoms with Gasteiger partial charge in [0.25, 0.3) is 0 Å². The number of nitrogens with zero attached hydrogens (tertiary/aromatic N) is 1. The van der Waals surface area contributed by atoms with Crippen molar-refractivity contribution in [3.05, 3.63) is 0 Å². The van der Waals surface area contributed by atoms with Crippen molar-refractivity contribution in [3.63, 3.8) is 0 Å². The maximum Gasteiger partial charge on any atom is 0.327 e. The van der Waals surface area contributed by atoms with Crippen LogP contribution in [0.2, 0.25) is 0 Å². The van der Waals surface area contributed by atoms with Crippen molar-refractivity contribution >= 4 is 5.97 Å². The quantitative estimate of drug-likeness (QED) is 0.428. The average molecular weight is 233 g/mol. The van der Waals surface area contributed by atoms with Gasteiger partial charge >= 0.3 is 5.97 Å². The Morgan fingerprint density at radius 3 is 2.62 bits per heavy atom. The van der Waals surface area contributed by atoms with E-state index in [0.29, 0.717) is 25.5 Å². The lowest BCUT2D eigenvalue weighted by Gasteiger charge is -2.23. The molecule has 0 heterocycles. The van der Waals surface area contributed by atoms with Gasteiger partial charge in [-0.25, -0.2) is 5.84 Å². The number of hydrazine groups is 1. The minimum atomic E-state index is -0.353. The zero-order chi connectivity index (χ0) is 12.4. The van der Waals surface area contributed by atoms with E-state index >= 15 is 0 Å². The highest BCUT2D eigenvalue weighted by atomic mass is 16.7. The zero-order valence-electron chi connectivity index (χ0n) is 10.4. The highest BCUT2D eigenvalue weighted by molar-refractivity contribution is 5.69. The summed E-state index contributed by atoms with van der Waals surface area (Å²) in [4.78, 5) is 17.7. The van der Waals surface area contributed by atoms with Crippen LogP contribution in [0.3, 0.4) is 0 Å². The van der Waals surface area contributed by atoms with Crippen LogP contribution in [-0.4, -0.2) is 44.2 Å². The van der Waals surface area contributed by atoms with Crippen molar-refractivity contribution in [2.24, 2.45) is 11.8 Å². The maximum absolute atomic E-state index is 11.1. The first kappa shape index (κ1) is 15.3. The third kappa shape index (κ3) is 8.60. The van der Waals surface area contributed by atoms with Gasteiger partial charge < -0.3 is 14.5 Å². The lowest BCUT2D eigenvalue weighted by atomic mass is 10.2. The van der Waals surface area contributed by atoms with Crippen LogP contribution in [0, 0.1) is 5.92 Å². The molecule has 0 atom stereocenters. The molecule has 0 radical (unpaired) electrons. The molecule has 0 amide bonds. The Kier molecular flexibility index (Phi) is 9.12. The van der Waals surface area contributed by atoms with Gasteiger partial charge in [0.05, 0.1) is 13.0 Å². The Morgan fingerprint density at radius 1 is 1.44 bits per heavy atom. The topological polar surface area (TPSA) is 76.8 Å².